The van der Waals surface area contributed by atoms with Crippen molar-refractivity contribution in [3.05, 3.63) is 70.5 Å². The quantitative estimate of drug-likeness (QED) is 0.357. The molecule has 1 aromatic heterocycles. The molecular weight excluding hydrogens is 362 g/mol. The third-order valence-electron chi connectivity index (χ3n) is 3.56. The van der Waals surface area contributed by atoms with Crippen LogP contribution in [0.4, 0.5) is 14.5 Å². The van der Waals surface area contributed by atoms with Crippen molar-refractivity contribution in [1.29, 1.82) is 0 Å². The molecule has 0 spiro atoms. The highest BCUT2D eigenvalue weighted by atomic mass is 19.3. The maximum atomic E-state index is 12.3. The average Bonchev–Trinajstić information content (AvgIpc) is 3.10. The van der Waals surface area contributed by atoms with Crippen LogP contribution >= 0.6 is 0 Å². The fourth-order valence-corrected chi connectivity index (χ4v) is 2.32. The lowest BCUT2D eigenvalue weighted by Gasteiger charge is -2.05. The van der Waals surface area contributed by atoms with Gasteiger partial charge in [0.1, 0.15) is 18.6 Å². The number of aromatic nitrogens is 3. The van der Waals surface area contributed by atoms with E-state index < -0.39 is 11.5 Å². The SMILES string of the molecule is O=C(Cn1cnc(-c2cccc([N+](=O)[O-])c2)n1)c1ccc(OC(F)F)cc1. The number of ketones is 1. The molecule has 3 aromatic rings. The smallest absolute Gasteiger partial charge is 0.387 e. The van der Waals surface area contributed by atoms with Crippen LogP contribution in [0.15, 0.2) is 54.9 Å². The molecule has 0 saturated carbocycles. The topological polar surface area (TPSA) is 100 Å². The highest BCUT2D eigenvalue weighted by Gasteiger charge is 2.13. The molecule has 10 heteroatoms. The van der Waals surface area contributed by atoms with Crippen LogP contribution in [-0.2, 0) is 6.54 Å². The first-order chi connectivity index (χ1) is 12.9. The lowest BCUT2D eigenvalue weighted by atomic mass is 10.1. The first-order valence-electron chi connectivity index (χ1n) is 7.65. The Labute approximate surface area is 151 Å². The number of benzene rings is 2. The lowest BCUT2D eigenvalue weighted by molar-refractivity contribution is -0.384. The van der Waals surface area contributed by atoms with E-state index in [1.165, 1.54) is 53.5 Å². The van der Waals surface area contributed by atoms with Gasteiger partial charge in [0.05, 0.1) is 4.92 Å². The van der Waals surface area contributed by atoms with Crippen LogP contribution in [0.5, 0.6) is 5.75 Å². The van der Waals surface area contributed by atoms with Crippen LogP contribution in [0.25, 0.3) is 11.4 Å². The maximum absolute atomic E-state index is 12.3. The minimum Gasteiger partial charge on any atom is -0.435 e. The molecule has 8 nitrogen and oxygen atoms in total. The predicted molar refractivity (Wildman–Crippen MR) is 89.5 cm³/mol. The Morgan fingerprint density at radius 3 is 2.63 bits per heavy atom. The van der Waals surface area contributed by atoms with Crippen LogP contribution in [0.1, 0.15) is 10.4 Å². The lowest BCUT2D eigenvalue weighted by Crippen LogP contribution is -2.11. The molecule has 138 valence electrons. The number of non-ortho nitro benzene ring substituents is 1. The highest BCUT2D eigenvalue weighted by molar-refractivity contribution is 5.95. The second-order valence-electron chi connectivity index (χ2n) is 5.40. The van der Waals surface area contributed by atoms with Gasteiger partial charge >= 0.3 is 6.61 Å². The van der Waals surface area contributed by atoms with E-state index in [0.29, 0.717) is 11.1 Å². The molecule has 1 heterocycles. The Kier molecular flexibility index (Phi) is 5.15. The van der Waals surface area contributed by atoms with E-state index in [1.807, 2.05) is 0 Å². The maximum Gasteiger partial charge on any atom is 0.387 e. The molecule has 0 bridgehead atoms. The van der Waals surface area contributed by atoms with Crippen molar-refractivity contribution in [2.75, 3.05) is 0 Å². The van der Waals surface area contributed by atoms with Crippen LogP contribution in [0.2, 0.25) is 0 Å². The third kappa shape index (κ3) is 4.48. The van der Waals surface area contributed by atoms with E-state index in [2.05, 4.69) is 14.8 Å². The summed E-state index contributed by atoms with van der Waals surface area (Å²) in [5.74, 6) is -0.114. The summed E-state index contributed by atoms with van der Waals surface area (Å²) >= 11 is 0. The molecule has 0 atom stereocenters. The number of hydrogen-bond acceptors (Lipinski definition) is 6. The number of nitro benzene ring substituents is 1. The number of hydrogen-bond donors (Lipinski definition) is 0. The minimum absolute atomic E-state index is 0.0461. The first-order valence-corrected chi connectivity index (χ1v) is 7.65. The van der Waals surface area contributed by atoms with E-state index in [-0.39, 0.29) is 29.6 Å². The molecule has 2 aromatic carbocycles. The Morgan fingerprint density at radius 2 is 1.96 bits per heavy atom. The summed E-state index contributed by atoms with van der Waals surface area (Å²) < 4.78 is 29.8. The molecule has 3 rings (SSSR count). The zero-order valence-electron chi connectivity index (χ0n) is 13.7. The average molecular weight is 374 g/mol. The second kappa shape index (κ2) is 7.68. The van der Waals surface area contributed by atoms with Gasteiger partial charge in [-0.2, -0.15) is 13.9 Å². The first kappa shape index (κ1) is 18.1. The molecular formula is C17H12F2N4O4. The number of halogens is 2. The summed E-state index contributed by atoms with van der Waals surface area (Å²) in [4.78, 5) is 26.6. The van der Waals surface area contributed by atoms with Gasteiger partial charge < -0.3 is 4.74 Å². The van der Waals surface area contributed by atoms with Crippen molar-refractivity contribution in [3.8, 4) is 17.1 Å². The van der Waals surface area contributed by atoms with Crippen molar-refractivity contribution >= 4 is 11.5 Å². The van der Waals surface area contributed by atoms with Crippen molar-refractivity contribution in [1.82, 2.24) is 14.8 Å². The number of carbonyl (C=O) groups excluding carboxylic acids is 1. The van der Waals surface area contributed by atoms with Gasteiger partial charge in [0.25, 0.3) is 5.69 Å². The molecule has 0 aliphatic carbocycles. The zero-order chi connectivity index (χ0) is 19.4. The molecule has 0 saturated heterocycles. The zero-order valence-corrected chi connectivity index (χ0v) is 13.7. The van der Waals surface area contributed by atoms with Crippen LogP contribution in [-0.4, -0.2) is 32.1 Å². The molecule has 0 amide bonds. The van der Waals surface area contributed by atoms with E-state index in [0.717, 1.165) is 0 Å². The fourth-order valence-electron chi connectivity index (χ4n) is 2.32. The Balaban J connectivity index is 1.71. The van der Waals surface area contributed by atoms with Crippen LogP contribution in [0.3, 0.4) is 0 Å². The molecule has 0 unspecified atom stereocenters. The van der Waals surface area contributed by atoms with Crippen LogP contribution < -0.4 is 4.74 Å². The molecule has 0 aliphatic heterocycles. The van der Waals surface area contributed by atoms with Crippen molar-refractivity contribution in [2.45, 2.75) is 13.2 Å². The molecule has 0 radical (unpaired) electrons. The summed E-state index contributed by atoms with van der Waals surface area (Å²) in [5, 5.41) is 15.0. The monoisotopic (exact) mass is 374 g/mol. The van der Waals surface area contributed by atoms with Crippen molar-refractivity contribution in [3.63, 3.8) is 0 Å². The van der Waals surface area contributed by atoms with Crippen LogP contribution in [0, 0.1) is 10.1 Å². The largest absolute Gasteiger partial charge is 0.435 e. The van der Waals surface area contributed by atoms with Gasteiger partial charge in [-0.15, -0.1) is 0 Å². The summed E-state index contributed by atoms with van der Waals surface area (Å²) in [6.07, 6.45) is 1.33. The number of Topliss-reactive ketones (excluding diaryl/α,β-unsaturated/α-hetero) is 1. The van der Waals surface area contributed by atoms with Gasteiger partial charge in [0.2, 0.25) is 0 Å². The van der Waals surface area contributed by atoms with Gasteiger partial charge in [-0.25, -0.2) is 9.67 Å². The molecule has 0 fully saturated rings. The number of ether oxygens (including phenoxy) is 1. The second-order valence-corrected chi connectivity index (χ2v) is 5.40. The molecule has 0 N–H and O–H groups in total. The predicted octanol–water partition coefficient (Wildman–Crippen LogP) is 3.34. The van der Waals surface area contributed by atoms with Gasteiger partial charge in [0, 0.05) is 23.3 Å². The number of nitro groups is 1. The van der Waals surface area contributed by atoms with E-state index in [1.54, 1.807) is 6.07 Å². The summed E-state index contributed by atoms with van der Waals surface area (Å²) in [5.41, 5.74) is 0.652. The highest BCUT2D eigenvalue weighted by Crippen LogP contribution is 2.21. The van der Waals surface area contributed by atoms with Crippen molar-refractivity contribution in [2.24, 2.45) is 0 Å². The van der Waals surface area contributed by atoms with Gasteiger partial charge in [-0.3, -0.25) is 14.9 Å². The summed E-state index contributed by atoms with van der Waals surface area (Å²) in [6.45, 7) is -3.06. The molecule has 27 heavy (non-hydrogen) atoms. The van der Waals surface area contributed by atoms with Crippen molar-refractivity contribution < 1.29 is 23.2 Å². The standard InChI is InChI=1S/C17H12F2N4O4/c18-17(19)27-14-6-4-11(5-7-14)15(24)9-22-10-20-16(21-22)12-2-1-3-13(8-12)23(25)26/h1-8,10,17H,9H2. The number of rotatable bonds is 7. The van der Waals surface area contributed by atoms with E-state index in [4.69, 9.17) is 0 Å². The van der Waals surface area contributed by atoms with E-state index in [9.17, 15) is 23.7 Å². The van der Waals surface area contributed by atoms with Gasteiger partial charge in [0.15, 0.2) is 11.6 Å². The number of carbonyl (C=O) groups is 1. The Hall–Kier alpha value is -3.69. The van der Waals surface area contributed by atoms with Gasteiger partial charge in [-0.1, -0.05) is 12.1 Å². The normalized spacial score (nSPS) is 10.8. The fraction of sp³-hybridized carbons (Fsp3) is 0.118. The van der Waals surface area contributed by atoms with E-state index >= 15 is 0 Å². The summed E-state index contributed by atoms with van der Waals surface area (Å²) in [6, 6.07) is 11.1. The third-order valence-corrected chi connectivity index (χ3v) is 3.56. The number of alkyl halides is 2. The molecule has 0 aliphatic rings. The summed E-state index contributed by atoms with van der Waals surface area (Å²) in [7, 11) is 0. The number of nitrogens with zero attached hydrogens (tertiary/aromatic N) is 4. The minimum atomic E-state index is -2.94. The van der Waals surface area contributed by atoms with Gasteiger partial charge in [-0.05, 0) is 24.3 Å². The Morgan fingerprint density at radius 1 is 1.22 bits per heavy atom. The Bertz CT molecular complexity index is 973.